The third kappa shape index (κ3) is 6.20. The average Bonchev–Trinajstić information content (AvgIpc) is 3.22. The molecule has 0 aliphatic carbocycles. The Hall–Kier alpha value is -3.04. The van der Waals surface area contributed by atoms with Gasteiger partial charge in [0.25, 0.3) is 5.91 Å². The number of oxazole rings is 1. The Bertz CT molecular complexity index is 1290. The van der Waals surface area contributed by atoms with Crippen molar-refractivity contribution in [3.63, 3.8) is 0 Å². The Kier molecular flexibility index (Phi) is 7.61. The van der Waals surface area contributed by atoms with E-state index in [0.717, 1.165) is 18.7 Å². The van der Waals surface area contributed by atoms with Crippen LogP contribution in [0.5, 0.6) is 0 Å². The summed E-state index contributed by atoms with van der Waals surface area (Å²) in [5, 5.41) is 2.51. The number of likely N-dealkylation sites (tertiary alicyclic amines) is 1. The molecule has 1 N–H and O–H groups in total. The quantitative estimate of drug-likeness (QED) is 0.509. The summed E-state index contributed by atoms with van der Waals surface area (Å²) in [7, 11) is -3.35. The van der Waals surface area contributed by atoms with E-state index >= 15 is 0 Å². The number of hydrogen-bond donors (Lipinski definition) is 1. The Morgan fingerprint density at radius 2 is 1.83 bits per heavy atom. The van der Waals surface area contributed by atoms with Crippen molar-refractivity contribution in [1.29, 1.82) is 0 Å². The number of nitrogens with one attached hydrogen (secondary N) is 1. The fourth-order valence-electron chi connectivity index (χ4n) is 4.43. The molecule has 192 valence electrons. The van der Waals surface area contributed by atoms with Crippen molar-refractivity contribution in [3.8, 4) is 11.5 Å². The van der Waals surface area contributed by atoms with Crippen LogP contribution in [0.15, 0.2) is 53.2 Å². The van der Waals surface area contributed by atoms with Gasteiger partial charge in [0.05, 0.1) is 16.7 Å². The van der Waals surface area contributed by atoms with Crippen molar-refractivity contribution in [2.24, 2.45) is 0 Å². The van der Waals surface area contributed by atoms with Crippen molar-refractivity contribution < 1.29 is 17.6 Å². The summed E-state index contributed by atoms with van der Waals surface area (Å²) < 4.78 is 32.1. The molecule has 1 aliphatic rings. The van der Waals surface area contributed by atoms with E-state index in [0.29, 0.717) is 47.9 Å². The van der Waals surface area contributed by atoms with Gasteiger partial charge in [-0.15, -0.1) is 0 Å². The zero-order valence-electron chi connectivity index (χ0n) is 21.3. The third-order valence-electron chi connectivity index (χ3n) is 6.70. The van der Waals surface area contributed by atoms with Crippen LogP contribution in [-0.2, 0) is 22.1 Å². The number of piperidine rings is 1. The summed E-state index contributed by atoms with van der Waals surface area (Å²) in [4.78, 5) is 23.3. The predicted molar refractivity (Wildman–Crippen MR) is 139 cm³/mol. The summed E-state index contributed by atoms with van der Waals surface area (Å²) in [6, 6.07) is 10.6. The van der Waals surface area contributed by atoms with Crippen molar-refractivity contribution in [2.45, 2.75) is 63.6 Å². The normalized spacial score (nSPS) is 15.7. The van der Waals surface area contributed by atoms with E-state index in [4.69, 9.17) is 4.42 Å². The minimum absolute atomic E-state index is 0.0436. The zero-order valence-corrected chi connectivity index (χ0v) is 22.1. The molecule has 0 bridgehead atoms. The molecule has 36 heavy (non-hydrogen) atoms. The molecule has 0 radical (unpaired) electrons. The number of aromatic nitrogens is 2. The van der Waals surface area contributed by atoms with Crippen LogP contribution < -0.4 is 5.32 Å². The van der Waals surface area contributed by atoms with Crippen LogP contribution in [0.4, 0.5) is 0 Å². The van der Waals surface area contributed by atoms with Gasteiger partial charge in [0.1, 0.15) is 5.76 Å². The summed E-state index contributed by atoms with van der Waals surface area (Å²) >= 11 is 0. The van der Waals surface area contributed by atoms with Crippen LogP contribution in [0.25, 0.3) is 11.5 Å². The van der Waals surface area contributed by atoms with Crippen molar-refractivity contribution in [2.75, 3.05) is 13.1 Å². The van der Waals surface area contributed by atoms with Gasteiger partial charge in [0, 0.05) is 35.6 Å². The Morgan fingerprint density at radius 3 is 2.44 bits per heavy atom. The Morgan fingerprint density at radius 1 is 1.14 bits per heavy atom. The number of sulfone groups is 1. The molecule has 1 aromatic carbocycles. The monoisotopic (exact) mass is 510 g/mol. The van der Waals surface area contributed by atoms with Crippen LogP contribution >= 0.6 is 0 Å². The number of nitrogens with zero attached hydrogens (tertiary/aromatic N) is 3. The molecule has 1 fully saturated rings. The lowest BCUT2D eigenvalue weighted by molar-refractivity contribution is 0.0951. The molecule has 0 atom stereocenters. The van der Waals surface area contributed by atoms with Gasteiger partial charge in [-0.3, -0.25) is 14.7 Å². The van der Waals surface area contributed by atoms with E-state index < -0.39 is 9.84 Å². The molecule has 0 saturated carbocycles. The van der Waals surface area contributed by atoms with Gasteiger partial charge >= 0.3 is 0 Å². The number of carbonyl (C=O) groups is 1. The molecular weight excluding hydrogens is 476 g/mol. The molecule has 8 nitrogen and oxygen atoms in total. The molecule has 2 aromatic heterocycles. The molecule has 9 heteroatoms. The van der Waals surface area contributed by atoms with Crippen LogP contribution in [0.1, 0.15) is 61.0 Å². The van der Waals surface area contributed by atoms with Gasteiger partial charge in [-0.1, -0.05) is 6.07 Å². The number of carbonyl (C=O) groups excluding carboxylic acids is 1. The van der Waals surface area contributed by atoms with E-state index in [9.17, 15) is 13.2 Å². The van der Waals surface area contributed by atoms with E-state index in [2.05, 4.69) is 41.0 Å². The molecule has 1 aliphatic heterocycles. The first-order valence-electron chi connectivity index (χ1n) is 12.2. The second-order valence-corrected chi connectivity index (χ2v) is 12.6. The average molecular weight is 511 g/mol. The highest BCUT2D eigenvalue weighted by Gasteiger charge is 2.34. The SMILES string of the molecule is Cc1oc(-c2ccc(C(=O)NCc3cccnc3)cc2)nc1CS(=O)(=O)C1CCN(C(C)(C)C)CC1. The second kappa shape index (κ2) is 10.5. The topological polar surface area (TPSA) is 105 Å². The first-order chi connectivity index (χ1) is 17.0. The predicted octanol–water partition coefficient (Wildman–Crippen LogP) is 4.15. The molecule has 4 rings (SSSR count). The highest BCUT2D eigenvalue weighted by atomic mass is 32.2. The molecule has 1 amide bonds. The minimum Gasteiger partial charge on any atom is -0.441 e. The lowest BCUT2D eigenvalue weighted by atomic mass is 10.0. The van der Waals surface area contributed by atoms with Crippen molar-refractivity contribution >= 4 is 15.7 Å². The molecule has 0 unspecified atom stereocenters. The first kappa shape index (κ1) is 26.0. The van der Waals surface area contributed by atoms with Gasteiger partial charge in [0.15, 0.2) is 9.84 Å². The first-order valence-corrected chi connectivity index (χ1v) is 13.9. The van der Waals surface area contributed by atoms with Crippen LogP contribution in [0.2, 0.25) is 0 Å². The standard InChI is InChI=1S/C27H34N4O4S/c1-19-24(18-36(33,34)23-11-14-31(15-12-23)27(2,3)4)30-26(35-19)22-9-7-21(8-10-22)25(32)29-17-20-6-5-13-28-16-20/h5-10,13,16,23H,11-12,14-15,17-18H2,1-4H3,(H,29,32). The highest BCUT2D eigenvalue weighted by molar-refractivity contribution is 7.91. The number of rotatable bonds is 7. The number of aryl methyl sites for hydroxylation is 1. The maximum absolute atomic E-state index is 13.1. The smallest absolute Gasteiger partial charge is 0.251 e. The molecule has 3 heterocycles. The lowest BCUT2D eigenvalue weighted by Crippen LogP contribution is -2.48. The van der Waals surface area contributed by atoms with E-state index in [-0.39, 0.29) is 22.4 Å². The molecule has 3 aromatic rings. The van der Waals surface area contributed by atoms with Crippen molar-refractivity contribution in [3.05, 3.63) is 71.4 Å². The van der Waals surface area contributed by atoms with E-state index in [1.807, 2.05) is 12.1 Å². The number of hydrogen-bond acceptors (Lipinski definition) is 7. The largest absolute Gasteiger partial charge is 0.441 e. The summed E-state index contributed by atoms with van der Waals surface area (Å²) in [6.07, 6.45) is 4.66. The molecule has 0 spiro atoms. The fraction of sp³-hybridized carbons (Fsp3) is 0.444. The lowest BCUT2D eigenvalue weighted by Gasteiger charge is -2.40. The zero-order chi connectivity index (χ0) is 25.9. The van der Waals surface area contributed by atoms with Crippen LogP contribution in [0.3, 0.4) is 0 Å². The maximum Gasteiger partial charge on any atom is 0.251 e. The maximum atomic E-state index is 13.1. The Balaban J connectivity index is 1.39. The third-order valence-corrected chi connectivity index (χ3v) is 8.86. The van der Waals surface area contributed by atoms with Crippen LogP contribution in [-0.4, -0.2) is 53.1 Å². The van der Waals surface area contributed by atoms with Gasteiger partial charge in [-0.25, -0.2) is 13.4 Å². The Labute approximate surface area is 213 Å². The number of benzene rings is 1. The minimum atomic E-state index is -3.35. The van der Waals surface area contributed by atoms with Gasteiger partial charge in [-0.05, 0) is 89.5 Å². The van der Waals surface area contributed by atoms with Gasteiger partial charge in [-0.2, -0.15) is 0 Å². The van der Waals surface area contributed by atoms with Crippen LogP contribution in [0, 0.1) is 6.92 Å². The second-order valence-electron chi connectivity index (χ2n) is 10.3. The summed E-state index contributed by atoms with van der Waals surface area (Å²) in [5.41, 5.74) is 2.60. The van der Waals surface area contributed by atoms with Crippen molar-refractivity contribution in [1.82, 2.24) is 20.2 Å². The van der Waals surface area contributed by atoms with E-state index in [1.54, 1.807) is 43.6 Å². The number of pyridine rings is 1. The molecular formula is C27H34N4O4S. The summed E-state index contributed by atoms with van der Waals surface area (Å²) in [6.45, 7) is 10.2. The highest BCUT2D eigenvalue weighted by Crippen LogP contribution is 2.28. The van der Waals surface area contributed by atoms with Gasteiger partial charge in [0.2, 0.25) is 5.89 Å². The fourth-order valence-corrected chi connectivity index (χ4v) is 6.24. The summed E-state index contributed by atoms with van der Waals surface area (Å²) in [5.74, 6) is 0.525. The molecule has 1 saturated heterocycles. The number of amides is 1. The van der Waals surface area contributed by atoms with E-state index in [1.165, 1.54) is 0 Å². The van der Waals surface area contributed by atoms with Gasteiger partial charge < -0.3 is 9.73 Å².